The molecule has 1 heterocycles. The zero-order chi connectivity index (χ0) is 16.7. The molecule has 0 aliphatic carbocycles. The van der Waals surface area contributed by atoms with Crippen molar-refractivity contribution in [3.63, 3.8) is 0 Å². The minimum atomic E-state index is -0.289. The molecule has 1 aromatic rings. The summed E-state index contributed by atoms with van der Waals surface area (Å²) in [6.45, 7) is 5.15. The van der Waals surface area contributed by atoms with E-state index in [0.717, 1.165) is 31.5 Å². The smallest absolute Gasteiger partial charge is 0.224 e. The van der Waals surface area contributed by atoms with Crippen molar-refractivity contribution in [2.24, 2.45) is 17.1 Å². The van der Waals surface area contributed by atoms with Gasteiger partial charge in [0.1, 0.15) is 0 Å². The summed E-state index contributed by atoms with van der Waals surface area (Å²) in [6.07, 6.45) is 2.03. The number of hydrogen-bond donors (Lipinski definition) is 3. The van der Waals surface area contributed by atoms with Crippen molar-refractivity contribution in [3.05, 3.63) is 35.9 Å². The summed E-state index contributed by atoms with van der Waals surface area (Å²) in [6, 6.07) is 9.49. The first-order valence-electron chi connectivity index (χ1n) is 8.36. The van der Waals surface area contributed by atoms with Crippen LogP contribution < -0.4 is 16.4 Å². The van der Waals surface area contributed by atoms with Crippen molar-refractivity contribution >= 4 is 5.91 Å². The van der Waals surface area contributed by atoms with E-state index in [0.29, 0.717) is 13.2 Å². The first-order chi connectivity index (χ1) is 11.1. The lowest BCUT2D eigenvalue weighted by Gasteiger charge is -2.37. The molecule has 5 heteroatoms. The Kier molecular flexibility index (Phi) is 6.57. The van der Waals surface area contributed by atoms with Crippen molar-refractivity contribution in [1.29, 1.82) is 0 Å². The Labute approximate surface area is 139 Å². The first-order valence-corrected chi connectivity index (χ1v) is 8.36. The van der Waals surface area contributed by atoms with Gasteiger partial charge in [-0.25, -0.2) is 0 Å². The average molecular weight is 319 g/mol. The van der Waals surface area contributed by atoms with Crippen LogP contribution in [0.1, 0.15) is 31.4 Å². The maximum absolute atomic E-state index is 12.5. The van der Waals surface area contributed by atoms with E-state index in [9.17, 15) is 4.79 Å². The van der Waals surface area contributed by atoms with E-state index in [4.69, 9.17) is 10.5 Å². The number of hydrogen-bond acceptors (Lipinski definition) is 4. The van der Waals surface area contributed by atoms with E-state index >= 15 is 0 Å². The SMILES string of the molecule is COCC1(CNC(=O)C(C)C(N)c2ccccc2)CCNCC1. The number of benzene rings is 1. The van der Waals surface area contributed by atoms with Gasteiger partial charge in [0, 0.05) is 25.1 Å². The highest BCUT2D eigenvalue weighted by molar-refractivity contribution is 5.79. The van der Waals surface area contributed by atoms with Crippen LogP contribution in [0.15, 0.2) is 30.3 Å². The van der Waals surface area contributed by atoms with Crippen molar-refractivity contribution in [2.45, 2.75) is 25.8 Å². The zero-order valence-electron chi connectivity index (χ0n) is 14.2. The van der Waals surface area contributed by atoms with Crippen LogP contribution in [0.2, 0.25) is 0 Å². The predicted octanol–water partition coefficient (Wildman–Crippen LogP) is 1.45. The Morgan fingerprint density at radius 2 is 2.00 bits per heavy atom. The fraction of sp³-hybridized carbons (Fsp3) is 0.611. The van der Waals surface area contributed by atoms with E-state index < -0.39 is 0 Å². The van der Waals surface area contributed by atoms with Crippen molar-refractivity contribution in [3.8, 4) is 0 Å². The Morgan fingerprint density at radius 1 is 1.35 bits per heavy atom. The highest BCUT2D eigenvalue weighted by Crippen LogP contribution is 2.28. The Balaban J connectivity index is 1.92. The molecule has 1 amide bonds. The fourth-order valence-electron chi connectivity index (χ4n) is 3.20. The van der Waals surface area contributed by atoms with Crippen molar-refractivity contribution < 1.29 is 9.53 Å². The van der Waals surface area contributed by atoms with Gasteiger partial charge < -0.3 is 21.1 Å². The van der Waals surface area contributed by atoms with Gasteiger partial charge in [-0.05, 0) is 31.5 Å². The molecule has 1 saturated heterocycles. The summed E-state index contributed by atoms with van der Waals surface area (Å²) in [5, 5.41) is 6.46. The Morgan fingerprint density at radius 3 is 2.61 bits per heavy atom. The lowest BCUT2D eigenvalue weighted by Crippen LogP contribution is -2.48. The topological polar surface area (TPSA) is 76.4 Å². The van der Waals surface area contributed by atoms with Crippen molar-refractivity contribution in [2.75, 3.05) is 33.4 Å². The molecule has 0 aromatic heterocycles. The zero-order valence-corrected chi connectivity index (χ0v) is 14.2. The summed E-state index contributed by atoms with van der Waals surface area (Å²) in [5.74, 6) is -0.255. The molecular formula is C18H29N3O2. The van der Waals surface area contributed by atoms with Crippen LogP contribution >= 0.6 is 0 Å². The van der Waals surface area contributed by atoms with E-state index in [1.807, 2.05) is 37.3 Å². The Bertz CT molecular complexity index is 481. The lowest BCUT2D eigenvalue weighted by atomic mass is 9.79. The average Bonchev–Trinajstić information content (AvgIpc) is 2.60. The molecular weight excluding hydrogens is 290 g/mol. The molecule has 1 aromatic carbocycles. The third kappa shape index (κ3) is 4.77. The minimum Gasteiger partial charge on any atom is -0.384 e. The van der Waals surface area contributed by atoms with Gasteiger partial charge in [-0.2, -0.15) is 0 Å². The molecule has 4 N–H and O–H groups in total. The van der Waals surface area contributed by atoms with Crippen LogP contribution in [0.25, 0.3) is 0 Å². The number of carbonyl (C=O) groups is 1. The van der Waals surface area contributed by atoms with E-state index in [-0.39, 0.29) is 23.3 Å². The second-order valence-electron chi connectivity index (χ2n) is 6.63. The molecule has 0 bridgehead atoms. The van der Waals surface area contributed by atoms with Gasteiger partial charge in [-0.1, -0.05) is 37.3 Å². The minimum absolute atomic E-state index is 0.00960. The van der Waals surface area contributed by atoms with Gasteiger partial charge in [-0.3, -0.25) is 4.79 Å². The predicted molar refractivity (Wildman–Crippen MR) is 92.0 cm³/mol. The molecule has 0 spiro atoms. The summed E-state index contributed by atoms with van der Waals surface area (Å²) in [7, 11) is 1.72. The highest BCUT2D eigenvalue weighted by atomic mass is 16.5. The standard InChI is InChI=1S/C18H29N3O2/c1-14(16(19)15-6-4-3-5-7-15)17(22)21-12-18(13-23-2)8-10-20-11-9-18/h3-7,14,16,20H,8-13,19H2,1-2H3,(H,21,22). The quantitative estimate of drug-likeness (QED) is 0.711. The monoisotopic (exact) mass is 319 g/mol. The van der Waals surface area contributed by atoms with Crippen LogP contribution in [0, 0.1) is 11.3 Å². The molecule has 128 valence electrons. The number of piperidine rings is 1. The number of amides is 1. The summed E-state index contributed by atoms with van der Waals surface area (Å²) < 4.78 is 5.39. The molecule has 1 aliphatic heterocycles. The van der Waals surface area contributed by atoms with E-state index in [1.165, 1.54) is 0 Å². The molecule has 2 unspecified atom stereocenters. The van der Waals surface area contributed by atoms with Gasteiger partial charge in [-0.15, -0.1) is 0 Å². The maximum atomic E-state index is 12.5. The largest absolute Gasteiger partial charge is 0.384 e. The van der Waals surface area contributed by atoms with Crippen LogP contribution in [0.3, 0.4) is 0 Å². The lowest BCUT2D eigenvalue weighted by molar-refractivity contribution is -0.126. The number of nitrogens with one attached hydrogen (secondary N) is 2. The number of nitrogens with two attached hydrogens (primary N) is 1. The molecule has 2 rings (SSSR count). The molecule has 1 fully saturated rings. The van der Waals surface area contributed by atoms with Crippen molar-refractivity contribution in [1.82, 2.24) is 10.6 Å². The number of methoxy groups -OCH3 is 1. The number of carbonyl (C=O) groups excluding carboxylic acids is 1. The molecule has 0 saturated carbocycles. The van der Waals surface area contributed by atoms with Crippen LogP contribution in [0.4, 0.5) is 0 Å². The molecule has 0 radical (unpaired) electrons. The number of ether oxygens (including phenoxy) is 1. The van der Waals surface area contributed by atoms with Gasteiger partial charge in [0.2, 0.25) is 5.91 Å². The van der Waals surface area contributed by atoms with Gasteiger partial charge in [0.05, 0.1) is 12.5 Å². The maximum Gasteiger partial charge on any atom is 0.224 e. The normalized spacial score (nSPS) is 19.8. The summed E-state index contributed by atoms with van der Waals surface area (Å²) >= 11 is 0. The summed E-state index contributed by atoms with van der Waals surface area (Å²) in [4.78, 5) is 12.5. The van der Waals surface area contributed by atoms with Gasteiger partial charge in [0.15, 0.2) is 0 Å². The van der Waals surface area contributed by atoms with Crippen LogP contribution in [-0.2, 0) is 9.53 Å². The van der Waals surface area contributed by atoms with Crippen LogP contribution in [0.5, 0.6) is 0 Å². The molecule has 5 nitrogen and oxygen atoms in total. The van der Waals surface area contributed by atoms with E-state index in [2.05, 4.69) is 10.6 Å². The van der Waals surface area contributed by atoms with E-state index in [1.54, 1.807) is 7.11 Å². The number of rotatable bonds is 7. The molecule has 2 atom stereocenters. The fourth-order valence-corrected chi connectivity index (χ4v) is 3.20. The third-order valence-corrected chi connectivity index (χ3v) is 4.89. The van der Waals surface area contributed by atoms with Gasteiger partial charge >= 0.3 is 0 Å². The second kappa shape index (κ2) is 8.43. The second-order valence-corrected chi connectivity index (χ2v) is 6.63. The third-order valence-electron chi connectivity index (χ3n) is 4.89. The summed E-state index contributed by atoms with van der Waals surface area (Å²) in [5.41, 5.74) is 7.27. The Hall–Kier alpha value is -1.43. The van der Waals surface area contributed by atoms with Gasteiger partial charge in [0.25, 0.3) is 0 Å². The molecule has 23 heavy (non-hydrogen) atoms. The highest BCUT2D eigenvalue weighted by Gasteiger charge is 2.33. The molecule has 1 aliphatic rings. The first kappa shape index (κ1) is 17.9. The van der Waals surface area contributed by atoms with Crippen LogP contribution in [-0.4, -0.2) is 39.3 Å².